The molecule has 0 aromatic heterocycles. The maximum absolute atomic E-state index is 13.8. The molecule has 2 heterocycles. The molecule has 2 aliphatic rings. The first kappa shape index (κ1) is 18.4. The molecule has 2 fully saturated rings. The van der Waals surface area contributed by atoms with Gasteiger partial charge in [0.2, 0.25) is 0 Å². The maximum atomic E-state index is 13.8. The average Bonchev–Trinajstić information content (AvgIpc) is 2.95. The molecule has 0 spiro atoms. The Hall–Kier alpha value is -2.37. The second-order valence-corrected chi connectivity index (χ2v) is 6.46. The van der Waals surface area contributed by atoms with Crippen LogP contribution in [0, 0.1) is 17.1 Å². The third-order valence-corrected chi connectivity index (χ3v) is 4.72. The van der Waals surface area contributed by atoms with Gasteiger partial charge in [-0.3, -0.25) is 0 Å². The topological polar surface area (TPSA) is 80.6 Å². The number of nitrogens with zero attached hydrogens (tertiary/aromatic N) is 3. The number of amides is 2. The lowest BCUT2D eigenvalue weighted by atomic mass is 10.1. The Morgan fingerprint density at radius 3 is 2.96 bits per heavy atom. The zero-order valence-corrected chi connectivity index (χ0v) is 14.7. The molecule has 2 amide bonds. The monoisotopic (exact) mass is 361 g/mol. The predicted octanol–water partition coefficient (Wildman–Crippen LogP) is 0.907. The van der Waals surface area contributed by atoms with Gasteiger partial charge in [-0.05, 0) is 25.1 Å². The summed E-state index contributed by atoms with van der Waals surface area (Å²) in [6, 6.07) is 6.45. The van der Waals surface area contributed by atoms with Gasteiger partial charge in [0.1, 0.15) is 17.4 Å². The quantitative estimate of drug-likeness (QED) is 0.836. The zero-order valence-electron chi connectivity index (χ0n) is 14.7. The highest BCUT2D eigenvalue weighted by Crippen LogP contribution is 2.23. The van der Waals surface area contributed by atoms with Crippen molar-refractivity contribution in [3.63, 3.8) is 0 Å². The molecular weight excluding hydrogens is 337 g/mol. The lowest BCUT2D eigenvalue weighted by Gasteiger charge is -2.36. The highest BCUT2D eigenvalue weighted by molar-refractivity contribution is 5.74. The van der Waals surface area contributed by atoms with Crippen molar-refractivity contribution in [2.45, 2.75) is 12.5 Å². The Balaban J connectivity index is 1.50. The summed E-state index contributed by atoms with van der Waals surface area (Å²) < 4.78 is 19.5. The summed E-state index contributed by atoms with van der Waals surface area (Å²) in [6.07, 6.45) is 0.977. The van der Waals surface area contributed by atoms with Crippen LogP contribution in [-0.4, -0.2) is 69.5 Å². The minimum absolute atomic E-state index is 0.00628. The molecule has 1 unspecified atom stereocenters. The number of hydrogen-bond donors (Lipinski definition) is 2. The van der Waals surface area contributed by atoms with Crippen LogP contribution < -0.4 is 15.5 Å². The van der Waals surface area contributed by atoms with Gasteiger partial charge in [0.05, 0.1) is 11.8 Å². The highest BCUT2D eigenvalue weighted by Gasteiger charge is 2.24. The number of piperazine rings is 1. The van der Waals surface area contributed by atoms with E-state index < -0.39 is 5.82 Å². The number of ether oxygens (including phenoxy) is 1. The van der Waals surface area contributed by atoms with Crippen LogP contribution in [0.3, 0.4) is 0 Å². The van der Waals surface area contributed by atoms with E-state index in [1.807, 2.05) is 11.0 Å². The van der Waals surface area contributed by atoms with Crippen molar-refractivity contribution >= 4 is 11.7 Å². The number of nitrogens with one attached hydrogen (secondary N) is 2. The van der Waals surface area contributed by atoms with Gasteiger partial charge >= 0.3 is 6.03 Å². The number of halogens is 1. The summed E-state index contributed by atoms with van der Waals surface area (Å²) in [5.74, 6) is -0.512. The summed E-state index contributed by atoms with van der Waals surface area (Å²) in [5, 5.41) is 15.4. The van der Waals surface area contributed by atoms with Crippen molar-refractivity contribution in [3.8, 4) is 6.07 Å². The molecule has 0 radical (unpaired) electrons. The first-order chi connectivity index (χ1) is 12.7. The van der Waals surface area contributed by atoms with E-state index in [0.29, 0.717) is 45.0 Å². The molecule has 3 rings (SSSR count). The Morgan fingerprint density at radius 1 is 1.38 bits per heavy atom. The normalized spacial score (nSPS) is 21.0. The first-order valence-electron chi connectivity index (χ1n) is 8.97. The van der Waals surface area contributed by atoms with Gasteiger partial charge in [0.15, 0.2) is 0 Å². The molecule has 26 heavy (non-hydrogen) atoms. The van der Waals surface area contributed by atoms with Crippen molar-refractivity contribution in [1.29, 1.82) is 5.26 Å². The Bertz CT molecular complexity index is 662. The van der Waals surface area contributed by atoms with E-state index in [9.17, 15) is 14.4 Å². The smallest absolute Gasteiger partial charge is 0.317 e. The number of carbonyl (C=O) groups is 1. The highest BCUT2D eigenvalue weighted by atomic mass is 19.1. The fraction of sp³-hybridized carbons (Fsp3) is 0.556. The lowest BCUT2D eigenvalue weighted by molar-refractivity contribution is 0.0671. The number of anilines is 1. The molecular formula is C18H24FN5O2. The van der Waals surface area contributed by atoms with Gasteiger partial charge in [0.25, 0.3) is 0 Å². The van der Waals surface area contributed by atoms with E-state index in [1.165, 1.54) is 6.07 Å². The molecule has 8 heteroatoms. The van der Waals surface area contributed by atoms with Gasteiger partial charge in [0, 0.05) is 45.9 Å². The SMILES string of the molecule is N#Cc1c(F)cccc1N1CCN(C(=O)NCC2CNCCCO2)CC1. The van der Waals surface area contributed by atoms with Crippen LogP contribution in [0.15, 0.2) is 18.2 Å². The fourth-order valence-corrected chi connectivity index (χ4v) is 3.25. The van der Waals surface area contributed by atoms with E-state index in [0.717, 1.165) is 19.5 Å². The summed E-state index contributed by atoms with van der Waals surface area (Å²) in [7, 11) is 0. The molecule has 140 valence electrons. The van der Waals surface area contributed by atoms with Crippen molar-refractivity contribution in [2.75, 3.05) is 57.3 Å². The van der Waals surface area contributed by atoms with Gasteiger partial charge < -0.3 is 25.2 Å². The Labute approximate surface area is 152 Å². The molecule has 0 aliphatic carbocycles. The van der Waals surface area contributed by atoms with Crippen molar-refractivity contribution in [1.82, 2.24) is 15.5 Å². The van der Waals surface area contributed by atoms with Crippen LogP contribution in [0.5, 0.6) is 0 Å². The Kier molecular flexibility index (Phi) is 6.26. The molecule has 2 saturated heterocycles. The van der Waals surface area contributed by atoms with Gasteiger partial charge in [-0.2, -0.15) is 5.26 Å². The molecule has 0 bridgehead atoms. The predicted molar refractivity (Wildman–Crippen MR) is 95.5 cm³/mol. The zero-order chi connectivity index (χ0) is 18.4. The number of hydrogen-bond acceptors (Lipinski definition) is 5. The summed E-state index contributed by atoms with van der Waals surface area (Å²) in [6.45, 7) is 5.05. The van der Waals surface area contributed by atoms with E-state index in [4.69, 9.17) is 4.74 Å². The van der Waals surface area contributed by atoms with Crippen LogP contribution in [-0.2, 0) is 4.74 Å². The van der Waals surface area contributed by atoms with Crippen LogP contribution in [0.1, 0.15) is 12.0 Å². The van der Waals surface area contributed by atoms with Crippen LogP contribution in [0.25, 0.3) is 0 Å². The molecule has 2 N–H and O–H groups in total. The van der Waals surface area contributed by atoms with Gasteiger partial charge in [-0.1, -0.05) is 6.07 Å². The molecule has 1 atom stereocenters. The molecule has 2 aliphatic heterocycles. The molecule has 1 aromatic rings. The largest absolute Gasteiger partial charge is 0.375 e. The number of carbonyl (C=O) groups excluding carboxylic acids is 1. The van der Waals surface area contributed by atoms with Crippen molar-refractivity contribution < 1.29 is 13.9 Å². The van der Waals surface area contributed by atoms with Crippen LogP contribution in [0.2, 0.25) is 0 Å². The second-order valence-electron chi connectivity index (χ2n) is 6.46. The lowest BCUT2D eigenvalue weighted by Crippen LogP contribution is -2.53. The third kappa shape index (κ3) is 4.42. The van der Waals surface area contributed by atoms with Crippen molar-refractivity contribution in [2.24, 2.45) is 0 Å². The van der Waals surface area contributed by atoms with E-state index >= 15 is 0 Å². The van der Waals surface area contributed by atoms with Crippen LogP contribution >= 0.6 is 0 Å². The summed E-state index contributed by atoms with van der Waals surface area (Å²) in [5.41, 5.74) is 0.647. The van der Waals surface area contributed by atoms with E-state index in [2.05, 4.69) is 10.6 Å². The number of rotatable bonds is 3. The second kappa shape index (κ2) is 8.83. The van der Waals surface area contributed by atoms with Gasteiger partial charge in [-0.15, -0.1) is 0 Å². The number of urea groups is 1. The fourth-order valence-electron chi connectivity index (χ4n) is 3.25. The minimum Gasteiger partial charge on any atom is -0.375 e. The summed E-state index contributed by atoms with van der Waals surface area (Å²) in [4.78, 5) is 16.0. The third-order valence-electron chi connectivity index (χ3n) is 4.72. The van der Waals surface area contributed by atoms with Crippen molar-refractivity contribution in [3.05, 3.63) is 29.6 Å². The number of nitriles is 1. The number of benzene rings is 1. The molecule has 7 nitrogen and oxygen atoms in total. The maximum Gasteiger partial charge on any atom is 0.317 e. The standard InChI is InChI=1S/C18H24FN5O2/c19-16-3-1-4-17(15(16)11-20)23-6-8-24(9-7-23)18(25)22-13-14-12-21-5-2-10-26-14/h1,3-4,14,21H,2,5-10,12-13H2,(H,22,25). The molecule has 0 saturated carbocycles. The average molecular weight is 361 g/mol. The minimum atomic E-state index is -0.512. The van der Waals surface area contributed by atoms with Gasteiger partial charge in [-0.25, -0.2) is 9.18 Å². The summed E-state index contributed by atoms with van der Waals surface area (Å²) >= 11 is 0. The molecule has 1 aromatic carbocycles. The van der Waals surface area contributed by atoms with E-state index in [-0.39, 0.29) is 17.7 Å². The Morgan fingerprint density at radius 2 is 2.19 bits per heavy atom. The first-order valence-corrected chi connectivity index (χ1v) is 8.97. The van der Waals surface area contributed by atoms with E-state index in [1.54, 1.807) is 17.0 Å². The van der Waals surface area contributed by atoms with Crippen LogP contribution in [0.4, 0.5) is 14.9 Å².